The van der Waals surface area contributed by atoms with Crippen LogP contribution in [-0.2, 0) is 9.59 Å². The Hall–Kier alpha value is -3.04. The van der Waals surface area contributed by atoms with E-state index in [2.05, 4.69) is 4.98 Å². The van der Waals surface area contributed by atoms with E-state index in [0.717, 1.165) is 21.8 Å². The van der Waals surface area contributed by atoms with Crippen molar-refractivity contribution in [1.29, 1.82) is 0 Å². The number of H-pyrrole nitrogens is 1. The SMILES string of the molecule is COc1ccc(N2C(=O)C3Sc4[nH]c(=O)sc4C(c4ccccc4OC)C3C2=O)cc1. The van der Waals surface area contributed by atoms with Crippen molar-refractivity contribution in [1.82, 2.24) is 4.98 Å². The van der Waals surface area contributed by atoms with E-state index < -0.39 is 17.1 Å². The van der Waals surface area contributed by atoms with Crippen molar-refractivity contribution in [2.24, 2.45) is 5.92 Å². The molecule has 1 N–H and O–H groups in total. The van der Waals surface area contributed by atoms with Gasteiger partial charge in [0.15, 0.2) is 0 Å². The molecule has 158 valence electrons. The van der Waals surface area contributed by atoms with Crippen molar-refractivity contribution in [2.75, 3.05) is 19.1 Å². The monoisotopic (exact) mass is 454 g/mol. The maximum Gasteiger partial charge on any atom is 0.305 e. The third kappa shape index (κ3) is 3.07. The number of thiazole rings is 1. The fraction of sp³-hybridized carbons (Fsp3) is 0.227. The molecule has 1 aromatic heterocycles. The zero-order valence-corrected chi connectivity index (χ0v) is 18.3. The van der Waals surface area contributed by atoms with Crippen LogP contribution >= 0.6 is 23.1 Å². The van der Waals surface area contributed by atoms with E-state index in [4.69, 9.17) is 9.47 Å². The van der Waals surface area contributed by atoms with E-state index in [1.54, 1.807) is 38.5 Å². The molecular formula is C22H18N2O5S2. The van der Waals surface area contributed by atoms with Crippen LogP contribution in [0.4, 0.5) is 5.69 Å². The molecule has 0 bridgehead atoms. The minimum Gasteiger partial charge on any atom is -0.497 e. The summed E-state index contributed by atoms with van der Waals surface area (Å²) in [5, 5.41) is 0.00662. The van der Waals surface area contributed by atoms with Gasteiger partial charge in [-0.05, 0) is 30.3 Å². The summed E-state index contributed by atoms with van der Waals surface area (Å²) in [6.45, 7) is 0. The van der Waals surface area contributed by atoms with Gasteiger partial charge in [0.1, 0.15) is 16.7 Å². The number of fused-ring (bicyclic) bond motifs is 2. The summed E-state index contributed by atoms with van der Waals surface area (Å²) in [6, 6.07) is 14.3. The third-order valence-corrected chi connectivity index (χ3v) is 8.03. The molecule has 3 atom stereocenters. The lowest BCUT2D eigenvalue weighted by Crippen LogP contribution is -2.32. The van der Waals surface area contributed by atoms with Crippen molar-refractivity contribution < 1.29 is 19.1 Å². The maximum atomic E-state index is 13.6. The second kappa shape index (κ2) is 7.58. The first-order chi connectivity index (χ1) is 15.0. The smallest absolute Gasteiger partial charge is 0.305 e. The van der Waals surface area contributed by atoms with Crippen LogP contribution in [0.25, 0.3) is 0 Å². The second-order valence-corrected chi connectivity index (χ2v) is 9.37. The molecule has 1 saturated heterocycles. The summed E-state index contributed by atoms with van der Waals surface area (Å²) in [4.78, 5) is 43.8. The van der Waals surface area contributed by atoms with Gasteiger partial charge in [-0.25, -0.2) is 4.90 Å². The predicted molar refractivity (Wildman–Crippen MR) is 118 cm³/mol. The summed E-state index contributed by atoms with van der Waals surface area (Å²) in [7, 11) is 3.13. The summed E-state index contributed by atoms with van der Waals surface area (Å²) < 4.78 is 10.7. The van der Waals surface area contributed by atoms with Crippen LogP contribution in [0.3, 0.4) is 0 Å². The van der Waals surface area contributed by atoms with Crippen LogP contribution in [0.5, 0.6) is 11.5 Å². The van der Waals surface area contributed by atoms with Crippen LogP contribution in [0.15, 0.2) is 58.4 Å². The highest BCUT2D eigenvalue weighted by atomic mass is 32.2. The van der Waals surface area contributed by atoms with Crippen molar-refractivity contribution in [2.45, 2.75) is 16.2 Å². The molecule has 2 aromatic carbocycles. The number of ether oxygens (including phenoxy) is 2. The van der Waals surface area contributed by atoms with Crippen molar-refractivity contribution >= 4 is 40.6 Å². The molecular weight excluding hydrogens is 436 g/mol. The van der Waals surface area contributed by atoms with E-state index in [1.807, 2.05) is 24.3 Å². The lowest BCUT2D eigenvalue weighted by molar-refractivity contribution is -0.122. The van der Waals surface area contributed by atoms with Gasteiger partial charge in [0.25, 0.3) is 0 Å². The molecule has 31 heavy (non-hydrogen) atoms. The summed E-state index contributed by atoms with van der Waals surface area (Å²) in [5.41, 5.74) is 1.29. The van der Waals surface area contributed by atoms with Crippen LogP contribution in [0.1, 0.15) is 16.4 Å². The van der Waals surface area contributed by atoms with Gasteiger partial charge in [-0.15, -0.1) is 0 Å². The summed E-state index contributed by atoms with van der Waals surface area (Å²) in [6.07, 6.45) is 0. The number of aromatic nitrogens is 1. The van der Waals surface area contributed by atoms with Crippen LogP contribution in [-0.4, -0.2) is 36.3 Å². The van der Waals surface area contributed by atoms with E-state index in [1.165, 1.54) is 16.7 Å². The van der Waals surface area contributed by atoms with E-state index in [0.29, 0.717) is 22.2 Å². The molecule has 2 amide bonds. The number of nitrogens with zero attached hydrogens (tertiary/aromatic N) is 1. The quantitative estimate of drug-likeness (QED) is 0.609. The molecule has 0 spiro atoms. The van der Waals surface area contributed by atoms with Gasteiger partial charge in [-0.2, -0.15) is 0 Å². The average Bonchev–Trinajstić information content (AvgIpc) is 3.28. The topological polar surface area (TPSA) is 88.7 Å². The normalized spacial score (nSPS) is 22.3. The number of nitrogens with one attached hydrogen (secondary N) is 1. The third-order valence-electron chi connectivity index (χ3n) is 5.63. The maximum absolute atomic E-state index is 13.6. The predicted octanol–water partition coefficient (Wildman–Crippen LogP) is 3.25. The minimum atomic E-state index is -0.644. The molecule has 9 heteroatoms. The molecule has 3 unspecified atom stereocenters. The summed E-state index contributed by atoms with van der Waals surface area (Å²) in [5.74, 6) is -0.414. The van der Waals surface area contributed by atoms with Crippen LogP contribution in [0, 0.1) is 5.92 Å². The number of thioether (sulfide) groups is 1. The van der Waals surface area contributed by atoms with E-state index in [-0.39, 0.29) is 16.7 Å². The van der Waals surface area contributed by atoms with Gasteiger partial charge < -0.3 is 14.5 Å². The molecule has 3 aromatic rings. The number of benzene rings is 2. The number of anilines is 1. The number of para-hydroxylation sites is 1. The van der Waals surface area contributed by atoms with Gasteiger partial charge in [0.2, 0.25) is 11.8 Å². The van der Waals surface area contributed by atoms with Crippen LogP contribution in [0.2, 0.25) is 0 Å². The largest absolute Gasteiger partial charge is 0.497 e. The number of methoxy groups -OCH3 is 2. The first kappa shape index (κ1) is 19.9. The Morgan fingerprint density at radius 1 is 0.935 bits per heavy atom. The van der Waals surface area contributed by atoms with Gasteiger partial charge >= 0.3 is 4.87 Å². The zero-order chi connectivity index (χ0) is 21.7. The van der Waals surface area contributed by atoms with Crippen molar-refractivity contribution in [3.63, 3.8) is 0 Å². The molecule has 2 aliphatic heterocycles. The molecule has 2 aliphatic rings. The fourth-order valence-electron chi connectivity index (χ4n) is 4.26. The number of amides is 2. The number of carbonyl (C=O) groups excluding carboxylic acids is 2. The number of hydrogen-bond acceptors (Lipinski definition) is 7. The Kier molecular flexibility index (Phi) is 4.86. The van der Waals surface area contributed by atoms with Gasteiger partial charge in [0.05, 0.1) is 30.9 Å². The minimum absolute atomic E-state index is 0.204. The Morgan fingerprint density at radius 3 is 2.39 bits per heavy atom. The fourth-order valence-corrected chi connectivity index (χ4v) is 6.77. The number of aromatic amines is 1. The second-order valence-electron chi connectivity index (χ2n) is 7.20. The molecule has 7 nitrogen and oxygen atoms in total. The number of carbonyl (C=O) groups is 2. The Morgan fingerprint density at radius 2 is 1.68 bits per heavy atom. The highest BCUT2D eigenvalue weighted by molar-refractivity contribution is 8.00. The zero-order valence-electron chi connectivity index (χ0n) is 16.7. The van der Waals surface area contributed by atoms with Crippen molar-refractivity contribution in [3.05, 3.63) is 68.6 Å². The van der Waals surface area contributed by atoms with Gasteiger partial charge in [-0.1, -0.05) is 41.3 Å². The van der Waals surface area contributed by atoms with Gasteiger partial charge in [-0.3, -0.25) is 14.4 Å². The number of hydrogen-bond donors (Lipinski definition) is 1. The molecule has 5 rings (SSSR count). The first-order valence-corrected chi connectivity index (χ1v) is 11.3. The van der Waals surface area contributed by atoms with Crippen molar-refractivity contribution in [3.8, 4) is 11.5 Å². The average molecular weight is 455 g/mol. The molecule has 0 saturated carbocycles. The highest BCUT2D eigenvalue weighted by Crippen LogP contribution is 2.54. The first-order valence-electron chi connectivity index (χ1n) is 9.58. The summed E-state index contributed by atoms with van der Waals surface area (Å²) >= 11 is 2.34. The Labute approximate surface area is 186 Å². The molecule has 0 radical (unpaired) electrons. The number of rotatable bonds is 4. The lowest BCUT2D eigenvalue weighted by Gasteiger charge is -2.30. The highest BCUT2D eigenvalue weighted by Gasteiger charge is 2.56. The van der Waals surface area contributed by atoms with E-state index >= 15 is 0 Å². The van der Waals surface area contributed by atoms with E-state index in [9.17, 15) is 14.4 Å². The Bertz CT molecular complexity index is 1230. The van der Waals surface area contributed by atoms with Crippen LogP contribution < -0.4 is 19.2 Å². The number of imide groups is 1. The standard InChI is InChI=1S/C22H18N2O5S2/c1-28-12-9-7-11(8-10-12)24-20(25)16-15(13-5-3-4-6-14(13)29-2)17-19(23-22(27)31-17)30-18(16)21(24)26/h3-10,15-16,18H,1-2H3,(H,23,27). The Balaban J connectivity index is 1.65. The molecule has 1 fully saturated rings. The molecule has 3 heterocycles. The lowest BCUT2D eigenvalue weighted by atomic mass is 9.82. The molecule has 0 aliphatic carbocycles. The van der Waals surface area contributed by atoms with Gasteiger partial charge in [0, 0.05) is 16.4 Å².